The molecule has 0 saturated heterocycles. The van der Waals surface area contributed by atoms with Crippen LogP contribution >= 0.6 is 11.3 Å². The van der Waals surface area contributed by atoms with Gasteiger partial charge in [0.2, 0.25) is 0 Å². The molecule has 0 unspecified atom stereocenters. The average molecular weight is 259 g/mol. The number of thiazole rings is 1. The van der Waals surface area contributed by atoms with E-state index in [0.717, 1.165) is 28.8 Å². The highest BCUT2D eigenvalue weighted by atomic mass is 32.1. The van der Waals surface area contributed by atoms with Crippen LogP contribution in [-0.4, -0.2) is 15.2 Å². The number of hydrogen-bond donors (Lipinski definition) is 1. The number of benzene rings is 1. The predicted octanol–water partition coefficient (Wildman–Crippen LogP) is 3.16. The summed E-state index contributed by atoms with van der Waals surface area (Å²) >= 11 is 1.58. The first-order chi connectivity index (χ1) is 8.86. The molecule has 1 aromatic carbocycles. The van der Waals surface area contributed by atoms with Crippen molar-refractivity contribution in [2.75, 3.05) is 0 Å². The molecule has 2 aromatic heterocycles. The minimum Gasteiger partial charge on any atom is -0.487 e. The molecule has 3 aromatic rings. The van der Waals surface area contributed by atoms with Crippen LogP contribution in [0.4, 0.5) is 0 Å². The zero-order chi connectivity index (χ0) is 12.4. The van der Waals surface area contributed by atoms with Gasteiger partial charge in [-0.25, -0.2) is 4.98 Å². The Labute approximate surface area is 109 Å². The third-order valence-electron chi connectivity index (χ3n) is 2.86. The first-order valence-corrected chi connectivity index (χ1v) is 6.77. The molecule has 0 aliphatic heterocycles. The third kappa shape index (κ3) is 2.09. The maximum absolute atomic E-state index is 5.85. The summed E-state index contributed by atoms with van der Waals surface area (Å²) in [6.45, 7) is 2.63. The number of hydrogen-bond acceptors (Lipinski definition) is 4. The molecule has 18 heavy (non-hydrogen) atoms. The van der Waals surface area contributed by atoms with Crippen molar-refractivity contribution in [1.82, 2.24) is 15.2 Å². The lowest BCUT2D eigenvalue weighted by atomic mass is 10.1. The number of fused-ring (bicyclic) bond motifs is 1. The summed E-state index contributed by atoms with van der Waals surface area (Å²) in [6, 6.07) is 4.13. The zero-order valence-corrected chi connectivity index (χ0v) is 10.8. The minimum absolute atomic E-state index is 0.510. The number of aromatic nitrogens is 3. The summed E-state index contributed by atoms with van der Waals surface area (Å²) in [6.07, 6.45) is 2.77. The van der Waals surface area contributed by atoms with Gasteiger partial charge in [-0.1, -0.05) is 6.92 Å². The van der Waals surface area contributed by atoms with Crippen molar-refractivity contribution in [3.63, 3.8) is 0 Å². The number of nitrogens with one attached hydrogen (secondary N) is 1. The molecule has 0 atom stereocenters. The lowest BCUT2D eigenvalue weighted by molar-refractivity contribution is 0.299. The van der Waals surface area contributed by atoms with Crippen LogP contribution in [0.5, 0.6) is 5.75 Å². The molecular formula is C13H13N3OS. The lowest BCUT2D eigenvalue weighted by Gasteiger charge is -2.09. The number of aryl methyl sites for hydroxylation is 1. The molecule has 0 amide bonds. The van der Waals surface area contributed by atoms with Crippen molar-refractivity contribution in [3.05, 3.63) is 40.5 Å². The molecule has 92 valence electrons. The maximum Gasteiger partial charge on any atom is 0.131 e. The fraction of sp³-hybridized carbons (Fsp3) is 0.231. The summed E-state index contributed by atoms with van der Waals surface area (Å²) in [5.41, 5.74) is 4.98. The smallest absolute Gasteiger partial charge is 0.131 e. The standard InChI is InChI=1S/C13H13N3OS/c1-2-9-3-10-5-15-16-12(10)4-13(9)17-6-11-7-18-8-14-11/h3-5,7-8H,2,6H2,1H3,(H,15,16). The second kappa shape index (κ2) is 4.78. The molecule has 4 nitrogen and oxygen atoms in total. The molecule has 1 N–H and O–H groups in total. The van der Waals surface area contributed by atoms with Crippen molar-refractivity contribution in [3.8, 4) is 5.75 Å². The van der Waals surface area contributed by atoms with Gasteiger partial charge >= 0.3 is 0 Å². The van der Waals surface area contributed by atoms with Gasteiger partial charge in [0.1, 0.15) is 12.4 Å². The van der Waals surface area contributed by atoms with E-state index in [1.54, 1.807) is 11.3 Å². The number of ether oxygens (including phenoxy) is 1. The van der Waals surface area contributed by atoms with Crippen LogP contribution in [0.2, 0.25) is 0 Å². The fourth-order valence-corrected chi connectivity index (χ4v) is 2.43. The maximum atomic E-state index is 5.85. The highest BCUT2D eigenvalue weighted by Gasteiger charge is 2.07. The molecule has 0 aliphatic rings. The quantitative estimate of drug-likeness (QED) is 0.783. The normalized spacial score (nSPS) is 10.9. The topological polar surface area (TPSA) is 50.8 Å². The Morgan fingerprint density at radius 2 is 2.33 bits per heavy atom. The van der Waals surface area contributed by atoms with Crippen molar-refractivity contribution in [2.24, 2.45) is 0 Å². The highest BCUT2D eigenvalue weighted by Crippen LogP contribution is 2.26. The fourth-order valence-electron chi connectivity index (χ4n) is 1.89. The van der Waals surface area contributed by atoms with E-state index in [0.29, 0.717) is 6.61 Å². The van der Waals surface area contributed by atoms with Gasteiger partial charge in [-0.3, -0.25) is 5.10 Å². The number of aromatic amines is 1. The lowest BCUT2D eigenvalue weighted by Crippen LogP contribution is -1.98. The molecular weight excluding hydrogens is 246 g/mol. The summed E-state index contributed by atoms with van der Waals surface area (Å²) in [5, 5.41) is 10.1. The first-order valence-electron chi connectivity index (χ1n) is 5.82. The van der Waals surface area contributed by atoms with Gasteiger partial charge in [-0.15, -0.1) is 11.3 Å². The molecule has 0 radical (unpaired) electrons. The van der Waals surface area contributed by atoms with Gasteiger partial charge in [0.05, 0.1) is 22.9 Å². The average Bonchev–Trinajstić information content (AvgIpc) is 3.05. The van der Waals surface area contributed by atoms with Crippen LogP contribution in [0.3, 0.4) is 0 Å². The SMILES string of the molecule is CCc1cc2cn[nH]c2cc1OCc1cscn1. The van der Waals surface area contributed by atoms with Crippen LogP contribution in [0, 0.1) is 0 Å². The third-order valence-corrected chi connectivity index (χ3v) is 3.50. The van der Waals surface area contributed by atoms with Gasteiger partial charge in [-0.2, -0.15) is 5.10 Å². The van der Waals surface area contributed by atoms with E-state index in [-0.39, 0.29) is 0 Å². The van der Waals surface area contributed by atoms with E-state index in [9.17, 15) is 0 Å². The molecule has 5 heteroatoms. The Kier molecular flexibility index (Phi) is 2.98. The van der Waals surface area contributed by atoms with Gasteiger partial charge < -0.3 is 4.74 Å². The van der Waals surface area contributed by atoms with Crippen molar-refractivity contribution < 1.29 is 4.74 Å². The Hall–Kier alpha value is -1.88. The Morgan fingerprint density at radius 1 is 1.39 bits per heavy atom. The minimum atomic E-state index is 0.510. The van der Waals surface area contributed by atoms with E-state index in [1.165, 1.54) is 5.56 Å². The summed E-state index contributed by atoms with van der Waals surface area (Å²) in [5.74, 6) is 0.905. The largest absolute Gasteiger partial charge is 0.487 e. The summed E-state index contributed by atoms with van der Waals surface area (Å²) in [4.78, 5) is 4.21. The first kappa shape index (κ1) is 11.2. The van der Waals surface area contributed by atoms with E-state index in [4.69, 9.17) is 4.74 Å². The summed E-state index contributed by atoms with van der Waals surface area (Å²) in [7, 11) is 0. The Morgan fingerprint density at radius 3 is 3.11 bits per heavy atom. The van der Waals surface area contributed by atoms with Crippen molar-refractivity contribution in [2.45, 2.75) is 20.0 Å². The van der Waals surface area contributed by atoms with E-state index >= 15 is 0 Å². The number of H-pyrrole nitrogens is 1. The van der Waals surface area contributed by atoms with Crippen LogP contribution in [0.15, 0.2) is 29.2 Å². The van der Waals surface area contributed by atoms with Crippen LogP contribution in [-0.2, 0) is 13.0 Å². The van der Waals surface area contributed by atoms with Gasteiger partial charge in [0.15, 0.2) is 0 Å². The Balaban J connectivity index is 1.89. The second-order valence-electron chi connectivity index (χ2n) is 4.04. The van der Waals surface area contributed by atoms with Gasteiger partial charge in [0.25, 0.3) is 0 Å². The molecule has 2 heterocycles. The van der Waals surface area contributed by atoms with Crippen LogP contribution in [0.25, 0.3) is 10.9 Å². The predicted molar refractivity (Wildman–Crippen MR) is 71.9 cm³/mol. The molecule has 3 rings (SSSR count). The summed E-state index contributed by atoms with van der Waals surface area (Å²) < 4.78 is 5.85. The number of nitrogens with zero attached hydrogens (tertiary/aromatic N) is 2. The van der Waals surface area contributed by atoms with Crippen molar-refractivity contribution in [1.29, 1.82) is 0 Å². The van der Waals surface area contributed by atoms with Gasteiger partial charge in [0, 0.05) is 16.8 Å². The van der Waals surface area contributed by atoms with Gasteiger partial charge in [-0.05, 0) is 18.1 Å². The monoisotopic (exact) mass is 259 g/mol. The van der Waals surface area contributed by atoms with E-state index in [1.807, 2.05) is 23.2 Å². The number of rotatable bonds is 4. The molecule has 0 saturated carbocycles. The van der Waals surface area contributed by atoms with Crippen LogP contribution < -0.4 is 4.74 Å². The molecule has 0 bridgehead atoms. The van der Waals surface area contributed by atoms with Crippen molar-refractivity contribution >= 4 is 22.2 Å². The van der Waals surface area contributed by atoms with Crippen LogP contribution in [0.1, 0.15) is 18.2 Å². The molecule has 0 fully saturated rings. The highest BCUT2D eigenvalue weighted by molar-refractivity contribution is 7.07. The van der Waals surface area contributed by atoms with E-state index in [2.05, 4.69) is 28.2 Å². The molecule has 0 spiro atoms. The zero-order valence-electron chi connectivity index (χ0n) is 10.0. The van der Waals surface area contributed by atoms with E-state index < -0.39 is 0 Å². The Bertz CT molecular complexity index is 645. The molecule has 0 aliphatic carbocycles. The second-order valence-corrected chi connectivity index (χ2v) is 4.76.